The summed E-state index contributed by atoms with van der Waals surface area (Å²) >= 11 is 5.62. The van der Waals surface area contributed by atoms with Crippen molar-refractivity contribution in [3.63, 3.8) is 0 Å². The van der Waals surface area contributed by atoms with Gasteiger partial charge in [-0.05, 0) is 18.2 Å². The van der Waals surface area contributed by atoms with Crippen molar-refractivity contribution in [3.05, 3.63) is 57.1 Å². The molecule has 8 heteroatoms. The Kier molecular flexibility index (Phi) is 4.23. The van der Waals surface area contributed by atoms with Crippen molar-refractivity contribution in [2.24, 2.45) is 0 Å². The fourth-order valence-corrected chi connectivity index (χ4v) is 1.85. The van der Waals surface area contributed by atoms with Gasteiger partial charge < -0.3 is 10.1 Å². The Morgan fingerprint density at radius 3 is 2.52 bits per heavy atom. The molecule has 1 N–H and O–H groups in total. The number of benzene rings is 2. The van der Waals surface area contributed by atoms with Crippen LogP contribution in [-0.2, 0) is 0 Å². The summed E-state index contributed by atoms with van der Waals surface area (Å²) in [6, 6.07) is 5.63. The predicted octanol–water partition coefficient (Wildman–Crippen LogP) is 4.28. The predicted molar refractivity (Wildman–Crippen MR) is 74.3 cm³/mol. The van der Waals surface area contributed by atoms with Gasteiger partial charge in [0.05, 0.1) is 28.8 Å². The van der Waals surface area contributed by atoms with Crippen molar-refractivity contribution in [2.75, 3.05) is 12.4 Å². The molecule has 0 radical (unpaired) electrons. The molecule has 0 aliphatic carbocycles. The van der Waals surface area contributed by atoms with Gasteiger partial charge in [-0.3, -0.25) is 10.1 Å². The molecule has 0 spiro atoms. The molecule has 0 atom stereocenters. The third kappa shape index (κ3) is 3.19. The van der Waals surface area contributed by atoms with Crippen molar-refractivity contribution < 1.29 is 18.4 Å². The molecule has 0 amide bonds. The number of nitro groups is 1. The molecule has 0 fully saturated rings. The van der Waals surface area contributed by atoms with E-state index in [0.29, 0.717) is 5.69 Å². The van der Waals surface area contributed by atoms with E-state index < -0.39 is 22.2 Å². The zero-order chi connectivity index (χ0) is 15.6. The maximum Gasteiger partial charge on any atom is 0.313 e. The number of anilines is 2. The van der Waals surface area contributed by atoms with E-state index in [1.165, 1.54) is 19.2 Å². The first-order chi connectivity index (χ1) is 9.92. The first kappa shape index (κ1) is 15.0. The number of methoxy groups -OCH3 is 1. The second kappa shape index (κ2) is 5.92. The molecule has 0 unspecified atom stereocenters. The Balaban J connectivity index is 2.40. The molecule has 0 saturated heterocycles. The van der Waals surface area contributed by atoms with E-state index in [4.69, 9.17) is 16.3 Å². The Morgan fingerprint density at radius 1 is 1.24 bits per heavy atom. The monoisotopic (exact) mass is 314 g/mol. The van der Waals surface area contributed by atoms with Crippen LogP contribution in [0.15, 0.2) is 30.3 Å². The van der Waals surface area contributed by atoms with E-state index in [-0.39, 0.29) is 16.5 Å². The smallest absolute Gasteiger partial charge is 0.313 e. The molecular formula is C13H9ClF2N2O3. The molecule has 5 nitrogen and oxygen atoms in total. The van der Waals surface area contributed by atoms with Crippen LogP contribution < -0.4 is 10.1 Å². The van der Waals surface area contributed by atoms with Crippen LogP contribution in [0.4, 0.5) is 25.8 Å². The molecule has 2 aromatic rings. The topological polar surface area (TPSA) is 64.4 Å². The van der Waals surface area contributed by atoms with Gasteiger partial charge in [-0.15, -0.1) is 0 Å². The number of nitrogens with one attached hydrogen (secondary N) is 1. The maximum absolute atomic E-state index is 13.9. The normalized spacial score (nSPS) is 10.3. The van der Waals surface area contributed by atoms with Crippen LogP contribution in [0.25, 0.3) is 0 Å². The number of halogens is 3. The standard InChI is InChI=1S/C13H9ClF2N2O3/c1-21-13-6-11(10(16)5-12(13)18(19)20)17-7-2-3-9(15)8(14)4-7/h2-6,17H,1H3. The van der Waals surface area contributed by atoms with Gasteiger partial charge in [-0.25, -0.2) is 8.78 Å². The van der Waals surface area contributed by atoms with Crippen molar-refractivity contribution in [2.45, 2.75) is 0 Å². The number of ether oxygens (including phenoxy) is 1. The van der Waals surface area contributed by atoms with Crippen molar-refractivity contribution in [3.8, 4) is 5.75 Å². The van der Waals surface area contributed by atoms with Gasteiger partial charge in [0.15, 0.2) is 11.6 Å². The summed E-state index contributed by atoms with van der Waals surface area (Å²) in [6.45, 7) is 0. The summed E-state index contributed by atoms with van der Waals surface area (Å²) in [7, 11) is 1.23. The highest BCUT2D eigenvalue weighted by molar-refractivity contribution is 6.31. The van der Waals surface area contributed by atoms with E-state index in [1.807, 2.05) is 0 Å². The first-order valence-electron chi connectivity index (χ1n) is 5.66. The van der Waals surface area contributed by atoms with Crippen LogP contribution in [0.1, 0.15) is 0 Å². The minimum Gasteiger partial charge on any atom is -0.490 e. The molecule has 0 aliphatic heterocycles. The zero-order valence-corrected chi connectivity index (χ0v) is 11.4. The SMILES string of the molecule is COc1cc(Nc2ccc(F)c(Cl)c2)c(F)cc1[N+](=O)[O-]. The van der Waals surface area contributed by atoms with E-state index in [2.05, 4.69) is 5.32 Å². The largest absolute Gasteiger partial charge is 0.490 e. The lowest BCUT2D eigenvalue weighted by molar-refractivity contribution is -0.385. The molecule has 21 heavy (non-hydrogen) atoms. The summed E-state index contributed by atoms with van der Waals surface area (Å²) in [5.41, 5.74) is -0.214. The maximum atomic E-state index is 13.9. The Bertz CT molecular complexity index is 710. The second-order valence-corrected chi connectivity index (χ2v) is 4.42. The Morgan fingerprint density at radius 2 is 1.95 bits per heavy atom. The van der Waals surface area contributed by atoms with Gasteiger partial charge in [0.25, 0.3) is 0 Å². The molecule has 0 heterocycles. The summed E-state index contributed by atoms with van der Waals surface area (Å²) in [5, 5.41) is 13.3. The molecule has 2 aromatic carbocycles. The lowest BCUT2D eigenvalue weighted by Crippen LogP contribution is -1.99. The van der Waals surface area contributed by atoms with Gasteiger partial charge in [0, 0.05) is 11.8 Å². The number of nitrogens with zero attached hydrogens (tertiary/aromatic N) is 1. The minimum absolute atomic E-state index is 0.0554. The number of nitro benzene ring substituents is 1. The fourth-order valence-electron chi connectivity index (χ4n) is 1.67. The van der Waals surface area contributed by atoms with Crippen LogP contribution in [0.5, 0.6) is 5.75 Å². The van der Waals surface area contributed by atoms with Gasteiger partial charge in [-0.2, -0.15) is 0 Å². The highest BCUT2D eigenvalue weighted by atomic mass is 35.5. The van der Waals surface area contributed by atoms with Gasteiger partial charge in [0.2, 0.25) is 0 Å². The average Bonchev–Trinajstić information content (AvgIpc) is 2.44. The highest BCUT2D eigenvalue weighted by Gasteiger charge is 2.19. The average molecular weight is 315 g/mol. The molecule has 0 aromatic heterocycles. The van der Waals surface area contributed by atoms with Crippen LogP contribution in [0, 0.1) is 21.7 Å². The van der Waals surface area contributed by atoms with Crippen LogP contribution in [-0.4, -0.2) is 12.0 Å². The highest BCUT2D eigenvalue weighted by Crippen LogP contribution is 2.34. The van der Waals surface area contributed by atoms with Crippen molar-refractivity contribution >= 4 is 28.7 Å². The Hall–Kier alpha value is -2.41. The number of hydrogen-bond donors (Lipinski definition) is 1. The van der Waals surface area contributed by atoms with Crippen LogP contribution in [0.2, 0.25) is 5.02 Å². The molecular weight excluding hydrogens is 306 g/mol. The quantitative estimate of drug-likeness (QED) is 0.676. The summed E-state index contributed by atoms with van der Waals surface area (Å²) < 4.78 is 31.8. The van der Waals surface area contributed by atoms with E-state index >= 15 is 0 Å². The Labute approximate surface area is 123 Å². The second-order valence-electron chi connectivity index (χ2n) is 4.01. The zero-order valence-electron chi connectivity index (χ0n) is 10.7. The summed E-state index contributed by atoms with van der Waals surface area (Å²) in [5.74, 6) is -1.55. The number of rotatable bonds is 4. The molecule has 2 rings (SSSR count). The van der Waals surface area contributed by atoms with Gasteiger partial charge in [0.1, 0.15) is 5.82 Å². The third-order valence-corrected chi connectivity index (χ3v) is 2.95. The van der Waals surface area contributed by atoms with E-state index in [1.54, 1.807) is 0 Å². The lowest BCUT2D eigenvalue weighted by Gasteiger charge is -2.10. The molecule has 0 aliphatic rings. The van der Waals surface area contributed by atoms with Crippen molar-refractivity contribution in [1.29, 1.82) is 0 Å². The first-order valence-corrected chi connectivity index (χ1v) is 6.04. The van der Waals surface area contributed by atoms with E-state index in [9.17, 15) is 18.9 Å². The molecule has 110 valence electrons. The van der Waals surface area contributed by atoms with Gasteiger partial charge >= 0.3 is 5.69 Å². The summed E-state index contributed by atoms with van der Waals surface area (Å²) in [4.78, 5) is 10.0. The third-order valence-electron chi connectivity index (χ3n) is 2.66. The molecule has 0 bridgehead atoms. The molecule has 0 saturated carbocycles. The fraction of sp³-hybridized carbons (Fsp3) is 0.0769. The van der Waals surface area contributed by atoms with Crippen molar-refractivity contribution in [1.82, 2.24) is 0 Å². The minimum atomic E-state index is -0.844. The lowest BCUT2D eigenvalue weighted by atomic mass is 10.2. The summed E-state index contributed by atoms with van der Waals surface area (Å²) in [6.07, 6.45) is 0. The van der Waals surface area contributed by atoms with Crippen LogP contribution >= 0.6 is 11.6 Å². The number of hydrogen-bond acceptors (Lipinski definition) is 4. The van der Waals surface area contributed by atoms with Gasteiger partial charge in [-0.1, -0.05) is 11.6 Å². The van der Waals surface area contributed by atoms with Crippen LogP contribution in [0.3, 0.4) is 0 Å². The van der Waals surface area contributed by atoms with E-state index in [0.717, 1.165) is 18.2 Å².